The first-order valence-corrected chi connectivity index (χ1v) is 9.64. The lowest BCUT2D eigenvalue weighted by Gasteiger charge is -2.15. The highest BCUT2D eigenvalue weighted by Gasteiger charge is 2.15. The Hall–Kier alpha value is -2.92. The lowest BCUT2D eigenvalue weighted by molar-refractivity contribution is 0.0951. The van der Waals surface area contributed by atoms with Crippen molar-refractivity contribution in [3.63, 3.8) is 0 Å². The van der Waals surface area contributed by atoms with E-state index in [1.54, 1.807) is 12.1 Å². The van der Waals surface area contributed by atoms with E-state index in [2.05, 4.69) is 38.3 Å². The molecule has 0 aliphatic carbocycles. The van der Waals surface area contributed by atoms with Crippen LogP contribution in [0.15, 0.2) is 59.0 Å². The number of hydrogen-bond donors (Lipinski definition) is 2. The zero-order valence-electron chi connectivity index (χ0n) is 16.5. The number of nitrogens with one attached hydrogen (secondary N) is 2. The Morgan fingerprint density at radius 2 is 1.75 bits per heavy atom. The van der Waals surface area contributed by atoms with E-state index in [1.165, 1.54) is 11.1 Å². The van der Waals surface area contributed by atoms with Crippen LogP contribution in [-0.2, 0) is 0 Å². The van der Waals surface area contributed by atoms with Crippen LogP contribution in [0.2, 0.25) is 0 Å². The van der Waals surface area contributed by atoms with Gasteiger partial charge in [0.1, 0.15) is 5.76 Å². The van der Waals surface area contributed by atoms with Crippen LogP contribution in [-0.4, -0.2) is 11.0 Å². The van der Waals surface area contributed by atoms with Crippen LogP contribution in [0.5, 0.6) is 0 Å². The molecule has 28 heavy (non-hydrogen) atoms. The third kappa shape index (κ3) is 4.49. The number of para-hydroxylation sites is 1. The Kier molecular flexibility index (Phi) is 5.95. The minimum Gasteiger partial charge on any atom is -0.451 e. The summed E-state index contributed by atoms with van der Waals surface area (Å²) in [7, 11) is 0. The van der Waals surface area contributed by atoms with E-state index in [0.29, 0.717) is 11.7 Å². The molecule has 2 aromatic carbocycles. The number of amides is 1. The van der Waals surface area contributed by atoms with Crippen molar-refractivity contribution in [1.82, 2.24) is 5.32 Å². The van der Waals surface area contributed by atoms with E-state index in [9.17, 15) is 4.79 Å². The maximum atomic E-state index is 12.5. The molecule has 0 unspecified atom stereocenters. The quantitative estimate of drug-likeness (QED) is 0.550. The van der Waals surface area contributed by atoms with Gasteiger partial charge >= 0.3 is 0 Å². The molecule has 0 aliphatic heterocycles. The van der Waals surface area contributed by atoms with Crippen molar-refractivity contribution < 1.29 is 9.21 Å². The fourth-order valence-corrected chi connectivity index (χ4v) is 3.14. The summed E-state index contributed by atoms with van der Waals surface area (Å²) in [5.74, 6) is 0.828. The molecule has 4 nitrogen and oxygen atoms in total. The molecule has 5 heteroatoms. The summed E-state index contributed by atoms with van der Waals surface area (Å²) in [6.07, 6.45) is 0. The fourth-order valence-electron chi connectivity index (χ4n) is 2.94. The maximum absolute atomic E-state index is 12.5. The standard InChI is InChI=1S/C23H24N2O2S/c1-14(2)18-7-5-6-8-19(18)24-23(28)25-22(26)21-12-11-20(27-21)17-10-9-15(3)16(4)13-17/h5-14H,1-4H3,(H2,24,25,26,28). The molecule has 0 fully saturated rings. The van der Waals surface area contributed by atoms with Gasteiger partial charge < -0.3 is 9.73 Å². The molecule has 1 aromatic heterocycles. The van der Waals surface area contributed by atoms with Crippen molar-refractivity contribution in [2.24, 2.45) is 0 Å². The molecule has 144 valence electrons. The molecule has 1 amide bonds. The van der Waals surface area contributed by atoms with E-state index >= 15 is 0 Å². The molecule has 3 rings (SSSR count). The predicted octanol–water partition coefficient (Wildman–Crippen LogP) is 5.81. The SMILES string of the molecule is Cc1ccc(-c2ccc(C(=O)NC(=S)Nc3ccccc3C(C)C)o2)cc1C. The van der Waals surface area contributed by atoms with Crippen LogP contribution < -0.4 is 10.6 Å². The highest BCUT2D eigenvalue weighted by Crippen LogP contribution is 2.25. The Bertz CT molecular complexity index is 1020. The molecule has 1 heterocycles. The van der Waals surface area contributed by atoms with Crippen LogP contribution in [0.4, 0.5) is 5.69 Å². The predicted molar refractivity (Wildman–Crippen MR) is 118 cm³/mol. The fraction of sp³-hybridized carbons (Fsp3) is 0.217. The Labute approximate surface area is 171 Å². The van der Waals surface area contributed by atoms with Crippen LogP contribution in [0.3, 0.4) is 0 Å². The molecule has 0 radical (unpaired) electrons. The van der Waals surface area contributed by atoms with Crippen molar-refractivity contribution in [3.8, 4) is 11.3 Å². The summed E-state index contributed by atoms with van der Waals surface area (Å²) in [6.45, 7) is 8.33. The van der Waals surface area contributed by atoms with Crippen molar-refractivity contribution in [2.45, 2.75) is 33.6 Å². The summed E-state index contributed by atoms with van der Waals surface area (Å²) in [5, 5.41) is 6.02. The summed E-state index contributed by atoms with van der Waals surface area (Å²) in [6, 6.07) is 17.4. The molecule has 2 N–H and O–H groups in total. The van der Waals surface area contributed by atoms with Crippen LogP contribution >= 0.6 is 12.2 Å². The highest BCUT2D eigenvalue weighted by atomic mass is 32.1. The van der Waals surface area contributed by atoms with E-state index < -0.39 is 0 Å². The third-order valence-electron chi connectivity index (χ3n) is 4.68. The number of aryl methyl sites for hydroxylation is 2. The van der Waals surface area contributed by atoms with Crippen LogP contribution in [0.25, 0.3) is 11.3 Å². The molecule has 0 atom stereocenters. The van der Waals surface area contributed by atoms with Gasteiger partial charge in [0.15, 0.2) is 10.9 Å². The number of furan rings is 1. The van der Waals surface area contributed by atoms with Gasteiger partial charge in [0.25, 0.3) is 5.91 Å². The van der Waals surface area contributed by atoms with E-state index in [1.807, 2.05) is 42.5 Å². The number of anilines is 1. The molecule has 3 aromatic rings. The maximum Gasteiger partial charge on any atom is 0.293 e. The van der Waals surface area contributed by atoms with E-state index in [4.69, 9.17) is 16.6 Å². The number of thiocarbonyl (C=S) groups is 1. The number of hydrogen-bond acceptors (Lipinski definition) is 3. The minimum absolute atomic E-state index is 0.217. The van der Waals surface area contributed by atoms with Crippen LogP contribution in [0, 0.1) is 13.8 Å². The topological polar surface area (TPSA) is 54.3 Å². The second kappa shape index (κ2) is 8.40. The number of carbonyl (C=O) groups excluding carboxylic acids is 1. The molecule has 0 bridgehead atoms. The third-order valence-corrected chi connectivity index (χ3v) is 4.88. The second-order valence-electron chi connectivity index (χ2n) is 7.11. The van der Waals surface area contributed by atoms with Gasteiger partial charge in [0.05, 0.1) is 0 Å². The number of rotatable bonds is 4. The number of carbonyl (C=O) groups is 1. The normalized spacial score (nSPS) is 10.8. The Morgan fingerprint density at radius 3 is 2.46 bits per heavy atom. The lowest BCUT2D eigenvalue weighted by atomic mass is 10.0. The van der Waals surface area contributed by atoms with Gasteiger partial charge in [-0.3, -0.25) is 10.1 Å². The Morgan fingerprint density at radius 1 is 1.00 bits per heavy atom. The summed E-state index contributed by atoms with van der Waals surface area (Å²) in [4.78, 5) is 12.5. The zero-order chi connectivity index (χ0) is 20.3. The summed E-state index contributed by atoms with van der Waals surface area (Å²) < 4.78 is 5.74. The summed E-state index contributed by atoms with van der Waals surface area (Å²) >= 11 is 5.31. The van der Waals surface area contributed by atoms with Crippen molar-refractivity contribution in [2.75, 3.05) is 5.32 Å². The van der Waals surface area contributed by atoms with Gasteiger partial charge in [-0.2, -0.15) is 0 Å². The highest BCUT2D eigenvalue weighted by molar-refractivity contribution is 7.80. The van der Waals surface area contributed by atoms with Gasteiger partial charge in [0, 0.05) is 11.3 Å². The molecule has 0 saturated heterocycles. The number of benzene rings is 2. The first-order valence-electron chi connectivity index (χ1n) is 9.24. The monoisotopic (exact) mass is 392 g/mol. The minimum atomic E-state index is -0.380. The largest absolute Gasteiger partial charge is 0.451 e. The average Bonchev–Trinajstić information content (AvgIpc) is 3.14. The van der Waals surface area contributed by atoms with Gasteiger partial charge in [0.2, 0.25) is 0 Å². The Balaban J connectivity index is 1.69. The van der Waals surface area contributed by atoms with Gasteiger partial charge in [-0.25, -0.2) is 0 Å². The van der Waals surface area contributed by atoms with Gasteiger partial charge in [-0.1, -0.05) is 44.2 Å². The van der Waals surface area contributed by atoms with Crippen LogP contribution in [0.1, 0.15) is 47.0 Å². The molecule has 0 aliphatic rings. The molecule has 0 saturated carbocycles. The van der Waals surface area contributed by atoms with E-state index in [-0.39, 0.29) is 16.8 Å². The van der Waals surface area contributed by atoms with Crippen molar-refractivity contribution in [1.29, 1.82) is 0 Å². The average molecular weight is 393 g/mol. The van der Waals surface area contributed by atoms with Gasteiger partial charge in [-0.05, 0) is 72.9 Å². The van der Waals surface area contributed by atoms with Crippen molar-refractivity contribution >= 4 is 28.9 Å². The molecule has 0 spiro atoms. The van der Waals surface area contributed by atoms with Gasteiger partial charge in [-0.15, -0.1) is 0 Å². The zero-order valence-corrected chi connectivity index (χ0v) is 17.3. The smallest absolute Gasteiger partial charge is 0.293 e. The molecular formula is C23H24N2O2S. The lowest BCUT2D eigenvalue weighted by Crippen LogP contribution is -2.34. The first kappa shape index (κ1) is 19.8. The first-order chi connectivity index (χ1) is 13.3. The van der Waals surface area contributed by atoms with E-state index in [0.717, 1.165) is 16.8 Å². The second-order valence-corrected chi connectivity index (χ2v) is 7.52. The van der Waals surface area contributed by atoms with Crippen molar-refractivity contribution in [3.05, 3.63) is 77.0 Å². The molecular weight excluding hydrogens is 368 g/mol. The summed E-state index contributed by atoms with van der Waals surface area (Å²) in [5.41, 5.74) is 5.35.